The molecule has 0 bridgehead atoms. The number of methoxy groups -OCH3 is 1. The topological polar surface area (TPSA) is 72.5 Å². The number of ketones is 1. The van der Waals surface area contributed by atoms with Gasteiger partial charge in [-0.05, 0) is 41.8 Å². The van der Waals surface area contributed by atoms with E-state index in [0.29, 0.717) is 22.4 Å². The Morgan fingerprint density at radius 1 is 1.00 bits per heavy atom. The second-order valence-corrected chi connectivity index (χ2v) is 8.64. The van der Waals surface area contributed by atoms with E-state index in [2.05, 4.69) is 4.72 Å². The summed E-state index contributed by atoms with van der Waals surface area (Å²) >= 11 is 0. The van der Waals surface area contributed by atoms with E-state index < -0.39 is 28.2 Å². The number of sulfonamides is 1. The van der Waals surface area contributed by atoms with Gasteiger partial charge in [0.1, 0.15) is 11.6 Å². The molecule has 0 aliphatic heterocycles. The molecule has 3 aromatic rings. The summed E-state index contributed by atoms with van der Waals surface area (Å²) in [6.07, 6.45) is 0. The van der Waals surface area contributed by atoms with E-state index in [-0.39, 0.29) is 11.3 Å². The second-order valence-electron chi connectivity index (χ2n) is 6.84. The van der Waals surface area contributed by atoms with Crippen molar-refractivity contribution >= 4 is 15.8 Å². The van der Waals surface area contributed by atoms with Crippen molar-refractivity contribution in [2.75, 3.05) is 13.7 Å². The molecule has 0 saturated carbocycles. The number of ether oxygens (including phenoxy) is 1. The van der Waals surface area contributed by atoms with Gasteiger partial charge in [0.2, 0.25) is 10.0 Å². The lowest BCUT2D eigenvalue weighted by atomic mass is 9.98. The van der Waals surface area contributed by atoms with Crippen molar-refractivity contribution in [2.24, 2.45) is 0 Å². The van der Waals surface area contributed by atoms with Gasteiger partial charge in [-0.25, -0.2) is 17.5 Å². The van der Waals surface area contributed by atoms with E-state index in [4.69, 9.17) is 4.74 Å². The summed E-state index contributed by atoms with van der Waals surface area (Å²) in [4.78, 5) is 12.6. The zero-order chi connectivity index (χ0) is 21.7. The minimum Gasteiger partial charge on any atom is -0.496 e. The predicted octanol–water partition coefficient (Wildman–Crippen LogP) is 4.11. The zero-order valence-electron chi connectivity index (χ0n) is 16.7. The van der Waals surface area contributed by atoms with Crippen molar-refractivity contribution < 1.29 is 22.3 Å². The Bertz CT molecular complexity index is 1160. The molecule has 0 aliphatic rings. The van der Waals surface area contributed by atoms with Gasteiger partial charge >= 0.3 is 0 Å². The third-order valence-electron chi connectivity index (χ3n) is 4.65. The highest BCUT2D eigenvalue weighted by Crippen LogP contribution is 2.25. The number of para-hydroxylation sites is 1. The number of nitrogens with one attached hydrogen (secondary N) is 1. The molecule has 156 valence electrons. The molecule has 1 N–H and O–H groups in total. The molecule has 0 amide bonds. The molecule has 7 heteroatoms. The van der Waals surface area contributed by atoms with Gasteiger partial charge in [-0.15, -0.1) is 0 Å². The van der Waals surface area contributed by atoms with E-state index >= 15 is 0 Å². The van der Waals surface area contributed by atoms with Crippen molar-refractivity contribution in [2.45, 2.75) is 12.7 Å². The van der Waals surface area contributed by atoms with Crippen LogP contribution in [0.25, 0.3) is 11.1 Å². The summed E-state index contributed by atoms with van der Waals surface area (Å²) in [7, 11) is -2.38. The third kappa shape index (κ3) is 5.11. The van der Waals surface area contributed by atoms with Crippen LogP contribution in [-0.2, 0) is 15.8 Å². The number of rotatable bonds is 8. The first kappa shape index (κ1) is 21.7. The number of aryl methyl sites for hydroxylation is 1. The smallest absolute Gasteiger partial charge is 0.216 e. The minimum absolute atomic E-state index is 0.145. The van der Waals surface area contributed by atoms with Crippen molar-refractivity contribution in [3.8, 4) is 16.9 Å². The van der Waals surface area contributed by atoms with Gasteiger partial charge in [0.25, 0.3) is 0 Å². The number of carbonyl (C=O) groups is 1. The number of hydrogen-bond acceptors (Lipinski definition) is 4. The molecule has 0 unspecified atom stereocenters. The Kier molecular flexibility index (Phi) is 6.64. The van der Waals surface area contributed by atoms with Crippen LogP contribution in [-0.4, -0.2) is 27.9 Å². The molecular formula is C23H22FNO4S. The molecule has 30 heavy (non-hydrogen) atoms. The Balaban J connectivity index is 1.78. The van der Waals surface area contributed by atoms with Gasteiger partial charge < -0.3 is 4.74 Å². The number of Topliss-reactive ketones (excluding diaryl/α,β-unsaturated/α-hetero) is 1. The van der Waals surface area contributed by atoms with Gasteiger partial charge in [-0.3, -0.25) is 4.79 Å². The number of hydrogen-bond donors (Lipinski definition) is 1. The molecule has 0 radical (unpaired) electrons. The SMILES string of the molecule is COc1ccccc1CS(=O)(=O)NCC(=O)c1cc(-c2ccccc2)cc(C)c1F. The maximum atomic E-state index is 14.6. The molecular weight excluding hydrogens is 405 g/mol. The van der Waals surface area contributed by atoms with Crippen molar-refractivity contribution in [1.82, 2.24) is 4.72 Å². The first-order valence-corrected chi connectivity index (χ1v) is 10.9. The fraction of sp³-hybridized carbons (Fsp3) is 0.174. The van der Waals surface area contributed by atoms with E-state index in [1.807, 2.05) is 30.3 Å². The lowest BCUT2D eigenvalue weighted by molar-refractivity contribution is 0.0993. The Hall–Kier alpha value is -3.03. The highest BCUT2D eigenvalue weighted by Gasteiger charge is 2.20. The first-order chi connectivity index (χ1) is 14.3. The van der Waals surface area contributed by atoms with Gasteiger partial charge in [-0.2, -0.15) is 0 Å². The highest BCUT2D eigenvalue weighted by molar-refractivity contribution is 7.88. The van der Waals surface area contributed by atoms with Gasteiger partial charge in [0, 0.05) is 5.56 Å². The van der Waals surface area contributed by atoms with Crippen LogP contribution in [0.2, 0.25) is 0 Å². The lowest BCUT2D eigenvalue weighted by Crippen LogP contribution is -2.31. The van der Waals surface area contributed by atoms with Crippen LogP contribution < -0.4 is 9.46 Å². The molecule has 0 saturated heterocycles. The van der Waals surface area contributed by atoms with Crippen LogP contribution in [0, 0.1) is 12.7 Å². The van der Waals surface area contributed by atoms with Crippen LogP contribution in [0.4, 0.5) is 4.39 Å². The summed E-state index contributed by atoms with van der Waals surface area (Å²) in [6, 6.07) is 19.1. The molecule has 3 aromatic carbocycles. The van der Waals surface area contributed by atoms with E-state index in [0.717, 1.165) is 5.56 Å². The quantitative estimate of drug-likeness (QED) is 0.549. The molecule has 0 atom stereocenters. The number of benzene rings is 3. The normalized spacial score (nSPS) is 11.3. The fourth-order valence-electron chi connectivity index (χ4n) is 3.12. The molecule has 0 aliphatic carbocycles. The maximum absolute atomic E-state index is 14.6. The minimum atomic E-state index is -3.83. The number of carbonyl (C=O) groups excluding carboxylic acids is 1. The van der Waals surface area contributed by atoms with Crippen molar-refractivity contribution in [3.05, 3.63) is 89.2 Å². The largest absolute Gasteiger partial charge is 0.496 e. The van der Waals surface area contributed by atoms with E-state index in [1.165, 1.54) is 13.2 Å². The standard InChI is InChI=1S/C23H22FNO4S/c1-16-12-19(17-8-4-3-5-9-17)13-20(23(16)24)21(26)14-25-30(27,28)15-18-10-6-7-11-22(18)29-2/h3-13,25H,14-15H2,1-2H3. The molecule has 0 aromatic heterocycles. The van der Waals surface area contributed by atoms with E-state index in [1.54, 1.807) is 37.3 Å². The van der Waals surface area contributed by atoms with Gasteiger partial charge in [-0.1, -0.05) is 48.5 Å². The van der Waals surface area contributed by atoms with E-state index in [9.17, 15) is 17.6 Å². The molecule has 0 fully saturated rings. The van der Waals surface area contributed by atoms with Gasteiger partial charge in [0.05, 0.1) is 25.0 Å². The highest BCUT2D eigenvalue weighted by atomic mass is 32.2. The lowest BCUT2D eigenvalue weighted by Gasteiger charge is -2.12. The average molecular weight is 427 g/mol. The van der Waals surface area contributed by atoms with Gasteiger partial charge in [0.15, 0.2) is 5.78 Å². The fourth-order valence-corrected chi connectivity index (χ4v) is 4.22. The molecule has 3 rings (SSSR count). The van der Waals surface area contributed by atoms with Crippen LogP contribution in [0.3, 0.4) is 0 Å². The molecule has 0 heterocycles. The van der Waals surface area contributed by atoms with Crippen LogP contribution in [0.5, 0.6) is 5.75 Å². The monoisotopic (exact) mass is 427 g/mol. The maximum Gasteiger partial charge on any atom is 0.216 e. The van der Waals surface area contributed by atoms with Crippen LogP contribution >= 0.6 is 0 Å². The molecule has 5 nitrogen and oxygen atoms in total. The van der Waals surface area contributed by atoms with Crippen molar-refractivity contribution in [1.29, 1.82) is 0 Å². The number of halogens is 1. The summed E-state index contributed by atoms with van der Waals surface area (Å²) < 4.78 is 46.9. The Morgan fingerprint density at radius 2 is 1.67 bits per heavy atom. The van der Waals surface area contributed by atoms with Crippen LogP contribution in [0.1, 0.15) is 21.5 Å². The third-order valence-corrected chi connectivity index (χ3v) is 5.93. The summed E-state index contributed by atoms with van der Waals surface area (Å²) in [5.74, 6) is -1.21. The summed E-state index contributed by atoms with van der Waals surface area (Å²) in [5.41, 5.74) is 2.17. The summed E-state index contributed by atoms with van der Waals surface area (Å²) in [5, 5.41) is 0. The average Bonchev–Trinajstić information content (AvgIpc) is 2.74. The predicted molar refractivity (Wildman–Crippen MR) is 115 cm³/mol. The van der Waals surface area contributed by atoms with Crippen LogP contribution in [0.15, 0.2) is 66.7 Å². The zero-order valence-corrected chi connectivity index (χ0v) is 17.5. The first-order valence-electron chi connectivity index (χ1n) is 9.29. The molecule has 0 spiro atoms. The Morgan fingerprint density at radius 3 is 2.37 bits per heavy atom. The van der Waals surface area contributed by atoms with Crippen molar-refractivity contribution in [3.63, 3.8) is 0 Å². The Labute approximate surface area is 175 Å². The summed E-state index contributed by atoms with van der Waals surface area (Å²) in [6.45, 7) is 1.04. The second kappa shape index (κ2) is 9.19.